The number of amides is 2. The van der Waals surface area contributed by atoms with Gasteiger partial charge in [0.15, 0.2) is 0 Å². The fourth-order valence-electron chi connectivity index (χ4n) is 4.43. The molecule has 1 atom stereocenters. The fraction of sp³-hybridized carbons (Fsp3) is 0.500. The molecule has 0 bridgehead atoms. The molecule has 2 aliphatic heterocycles. The number of methoxy groups -OCH3 is 1. The molecular formula is C24H31N5O3. The van der Waals surface area contributed by atoms with E-state index in [1.807, 2.05) is 55.2 Å². The molecule has 3 heterocycles. The number of hydrogen-bond donors (Lipinski definition) is 0. The van der Waals surface area contributed by atoms with Crippen LogP contribution in [0.1, 0.15) is 53.0 Å². The molecule has 32 heavy (non-hydrogen) atoms. The predicted octanol–water partition coefficient (Wildman–Crippen LogP) is 2.52. The zero-order valence-electron chi connectivity index (χ0n) is 19.2. The first kappa shape index (κ1) is 22.0. The molecule has 4 rings (SSSR count). The average molecular weight is 438 g/mol. The summed E-state index contributed by atoms with van der Waals surface area (Å²) in [5.74, 6) is 2.84. The molecule has 8 heteroatoms. The largest absolute Gasteiger partial charge is 0.497 e. The molecule has 0 radical (unpaired) electrons. The van der Waals surface area contributed by atoms with Crippen molar-refractivity contribution in [1.82, 2.24) is 19.8 Å². The molecule has 1 aromatic carbocycles. The summed E-state index contributed by atoms with van der Waals surface area (Å²) < 4.78 is 5.25. The summed E-state index contributed by atoms with van der Waals surface area (Å²) in [5, 5.41) is 0. The third kappa shape index (κ3) is 4.54. The first-order valence-corrected chi connectivity index (χ1v) is 11.1. The zero-order chi connectivity index (χ0) is 22.8. The maximum absolute atomic E-state index is 12.9. The minimum absolute atomic E-state index is 0.0264. The highest BCUT2D eigenvalue weighted by Gasteiger charge is 2.32. The van der Waals surface area contributed by atoms with Gasteiger partial charge in [0.1, 0.15) is 17.4 Å². The topological polar surface area (TPSA) is 78.9 Å². The molecule has 2 aromatic rings. The van der Waals surface area contributed by atoms with Crippen LogP contribution in [0.5, 0.6) is 5.75 Å². The normalized spacial score (nSPS) is 19.4. The molecule has 2 fully saturated rings. The summed E-state index contributed by atoms with van der Waals surface area (Å²) in [6.07, 6.45) is 2.12. The Labute approximate surface area is 189 Å². The molecular weight excluding hydrogens is 406 g/mol. The monoisotopic (exact) mass is 437 g/mol. The van der Waals surface area contributed by atoms with E-state index >= 15 is 0 Å². The van der Waals surface area contributed by atoms with Gasteiger partial charge in [-0.1, -0.05) is 6.07 Å². The average Bonchev–Trinajstić information content (AvgIpc) is 3.16. The number of piperidine rings is 1. The van der Waals surface area contributed by atoms with Gasteiger partial charge in [-0.2, -0.15) is 0 Å². The van der Waals surface area contributed by atoms with Crippen molar-refractivity contribution in [2.24, 2.45) is 0 Å². The van der Waals surface area contributed by atoms with Gasteiger partial charge in [-0.25, -0.2) is 9.97 Å². The van der Waals surface area contributed by atoms with Gasteiger partial charge < -0.3 is 19.4 Å². The van der Waals surface area contributed by atoms with E-state index in [0.29, 0.717) is 37.4 Å². The maximum Gasteiger partial charge on any atom is 0.253 e. The van der Waals surface area contributed by atoms with Gasteiger partial charge in [0.25, 0.3) is 5.91 Å². The SMILES string of the molecule is COc1cccc(C(=O)N2CCC(c3nc(C4CC(=O)N(C)C4)cc(N(C)C)n3)CC2)c1. The van der Waals surface area contributed by atoms with Crippen molar-refractivity contribution in [3.63, 3.8) is 0 Å². The van der Waals surface area contributed by atoms with E-state index in [1.54, 1.807) is 18.1 Å². The first-order valence-electron chi connectivity index (χ1n) is 11.1. The smallest absolute Gasteiger partial charge is 0.253 e. The second kappa shape index (κ2) is 9.14. The number of anilines is 1. The maximum atomic E-state index is 12.9. The summed E-state index contributed by atoms with van der Waals surface area (Å²) in [7, 11) is 7.38. The molecule has 0 aliphatic carbocycles. The minimum Gasteiger partial charge on any atom is -0.497 e. The molecule has 0 saturated carbocycles. The van der Waals surface area contributed by atoms with E-state index in [0.717, 1.165) is 30.2 Å². The number of benzene rings is 1. The Morgan fingerprint density at radius 2 is 1.88 bits per heavy atom. The fourth-order valence-corrected chi connectivity index (χ4v) is 4.43. The highest BCUT2D eigenvalue weighted by molar-refractivity contribution is 5.94. The van der Waals surface area contributed by atoms with Crippen LogP contribution in [0.3, 0.4) is 0 Å². The van der Waals surface area contributed by atoms with Gasteiger partial charge in [0.2, 0.25) is 5.91 Å². The Morgan fingerprint density at radius 3 is 2.50 bits per heavy atom. The zero-order valence-corrected chi connectivity index (χ0v) is 19.2. The quantitative estimate of drug-likeness (QED) is 0.715. The van der Waals surface area contributed by atoms with Crippen molar-refractivity contribution in [3.8, 4) is 5.75 Å². The third-order valence-electron chi connectivity index (χ3n) is 6.43. The van der Waals surface area contributed by atoms with Gasteiger partial charge >= 0.3 is 0 Å². The molecule has 2 aliphatic rings. The van der Waals surface area contributed by atoms with Crippen molar-refractivity contribution < 1.29 is 14.3 Å². The van der Waals surface area contributed by atoms with E-state index in [9.17, 15) is 9.59 Å². The molecule has 1 unspecified atom stereocenters. The van der Waals surface area contributed by atoms with Crippen LogP contribution in [0.15, 0.2) is 30.3 Å². The van der Waals surface area contributed by atoms with Crippen LogP contribution in [0.4, 0.5) is 5.82 Å². The number of aromatic nitrogens is 2. The Hall–Kier alpha value is -3.16. The Kier molecular flexibility index (Phi) is 6.30. The number of nitrogens with zero attached hydrogens (tertiary/aromatic N) is 5. The van der Waals surface area contributed by atoms with Crippen LogP contribution in [0.25, 0.3) is 0 Å². The van der Waals surface area contributed by atoms with Crippen LogP contribution in [-0.2, 0) is 4.79 Å². The Morgan fingerprint density at radius 1 is 1.12 bits per heavy atom. The lowest BCUT2D eigenvalue weighted by atomic mass is 9.94. The second-order valence-electron chi connectivity index (χ2n) is 8.88. The molecule has 8 nitrogen and oxygen atoms in total. The molecule has 2 saturated heterocycles. The van der Waals surface area contributed by atoms with Gasteiger partial charge in [-0.05, 0) is 31.0 Å². The number of hydrogen-bond acceptors (Lipinski definition) is 6. The van der Waals surface area contributed by atoms with E-state index in [1.165, 1.54) is 0 Å². The van der Waals surface area contributed by atoms with E-state index < -0.39 is 0 Å². The summed E-state index contributed by atoms with van der Waals surface area (Å²) in [6, 6.07) is 9.29. The Bertz CT molecular complexity index is 1000. The van der Waals surface area contributed by atoms with Crippen LogP contribution in [0, 0.1) is 0 Å². The van der Waals surface area contributed by atoms with Gasteiger partial charge in [-0.15, -0.1) is 0 Å². The lowest BCUT2D eigenvalue weighted by Crippen LogP contribution is -2.38. The van der Waals surface area contributed by atoms with Crippen LogP contribution in [-0.4, -0.2) is 79.5 Å². The Balaban J connectivity index is 1.49. The molecule has 1 aromatic heterocycles. The third-order valence-corrected chi connectivity index (χ3v) is 6.43. The summed E-state index contributed by atoms with van der Waals surface area (Å²) in [4.78, 5) is 40.4. The van der Waals surface area contributed by atoms with Gasteiger partial charge in [0, 0.05) is 70.7 Å². The minimum atomic E-state index is 0.0264. The standard InChI is InChI=1S/C24H31N5O3/c1-27(2)21-14-20(18-13-22(30)28(3)15-18)25-23(26-21)16-8-10-29(11-9-16)24(31)17-6-5-7-19(12-17)32-4/h5-7,12,14,16,18H,8-11,13,15H2,1-4H3. The van der Waals surface area contributed by atoms with E-state index in [-0.39, 0.29) is 23.7 Å². The summed E-state index contributed by atoms with van der Waals surface area (Å²) >= 11 is 0. The van der Waals surface area contributed by atoms with Crippen molar-refractivity contribution in [2.75, 3.05) is 52.8 Å². The number of rotatable bonds is 5. The van der Waals surface area contributed by atoms with Crippen molar-refractivity contribution in [1.29, 1.82) is 0 Å². The number of likely N-dealkylation sites (tertiary alicyclic amines) is 2. The van der Waals surface area contributed by atoms with Crippen molar-refractivity contribution in [2.45, 2.75) is 31.1 Å². The second-order valence-corrected chi connectivity index (χ2v) is 8.88. The van der Waals surface area contributed by atoms with Gasteiger partial charge in [0.05, 0.1) is 12.8 Å². The highest BCUT2D eigenvalue weighted by atomic mass is 16.5. The number of carbonyl (C=O) groups excluding carboxylic acids is 2. The number of ether oxygens (including phenoxy) is 1. The van der Waals surface area contributed by atoms with Crippen molar-refractivity contribution in [3.05, 3.63) is 47.4 Å². The summed E-state index contributed by atoms with van der Waals surface area (Å²) in [6.45, 7) is 2.02. The lowest BCUT2D eigenvalue weighted by Gasteiger charge is -2.32. The number of likely N-dealkylation sites (N-methyl/N-ethyl adjacent to an activating group) is 1. The van der Waals surface area contributed by atoms with Crippen molar-refractivity contribution >= 4 is 17.6 Å². The first-order chi connectivity index (χ1) is 15.4. The highest BCUT2D eigenvalue weighted by Crippen LogP contribution is 2.32. The van der Waals surface area contributed by atoms with Crippen LogP contribution >= 0.6 is 0 Å². The number of carbonyl (C=O) groups is 2. The molecule has 0 spiro atoms. The van der Waals surface area contributed by atoms with Crippen LogP contribution < -0.4 is 9.64 Å². The lowest BCUT2D eigenvalue weighted by molar-refractivity contribution is -0.126. The molecule has 0 N–H and O–H groups in total. The predicted molar refractivity (Wildman–Crippen MR) is 122 cm³/mol. The van der Waals surface area contributed by atoms with Crippen LogP contribution in [0.2, 0.25) is 0 Å². The molecule has 170 valence electrons. The van der Waals surface area contributed by atoms with E-state index in [4.69, 9.17) is 14.7 Å². The molecule has 2 amide bonds. The summed E-state index contributed by atoms with van der Waals surface area (Å²) in [5.41, 5.74) is 1.58. The van der Waals surface area contributed by atoms with E-state index in [2.05, 4.69) is 0 Å². The van der Waals surface area contributed by atoms with Gasteiger partial charge in [-0.3, -0.25) is 9.59 Å².